The van der Waals surface area contributed by atoms with Crippen LogP contribution in [0.2, 0.25) is 10.0 Å². The van der Waals surface area contributed by atoms with E-state index in [2.05, 4.69) is 30.6 Å². The largest absolute Gasteiger partial charge is 0.433 e. The molecule has 0 aliphatic carbocycles. The summed E-state index contributed by atoms with van der Waals surface area (Å²) < 4.78 is 31.6. The fraction of sp³-hybridized carbons (Fsp3) is 0.400. The van der Waals surface area contributed by atoms with Crippen molar-refractivity contribution < 1.29 is 13.5 Å². The van der Waals surface area contributed by atoms with Crippen LogP contribution in [0.1, 0.15) is 17.2 Å². The summed E-state index contributed by atoms with van der Waals surface area (Å²) >= 11 is 11.9. The third-order valence-electron chi connectivity index (χ3n) is 3.56. The summed E-state index contributed by atoms with van der Waals surface area (Å²) in [6.07, 6.45) is 0. The molecule has 0 fully saturated rings. The van der Waals surface area contributed by atoms with Crippen molar-refractivity contribution in [2.75, 3.05) is 7.05 Å². The van der Waals surface area contributed by atoms with Crippen LogP contribution in [0.3, 0.4) is 0 Å². The highest BCUT2D eigenvalue weighted by atomic mass is 127. The predicted molar refractivity (Wildman–Crippen MR) is 111 cm³/mol. The zero-order chi connectivity index (χ0) is 19.3. The Balaban J connectivity index is 0.00000364. The SMILES string of the molecule is CN=C(NCc1cc(Cl)cc(Cl)c1OC(F)F)NCc1nnc(C)n1C.I. The number of aromatic nitrogens is 3. The van der Waals surface area contributed by atoms with Gasteiger partial charge in [0.05, 0.1) is 11.6 Å². The number of hydrogen-bond acceptors (Lipinski definition) is 4. The Morgan fingerprint density at radius 3 is 2.48 bits per heavy atom. The molecular weight excluding hydrogens is 516 g/mol. The minimum Gasteiger partial charge on any atom is -0.433 e. The normalized spacial score (nSPS) is 11.3. The molecule has 7 nitrogen and oxygen atoms in total. The van der Waals surface area contributed by atoms with Crippen LogP contribution in [-0.4, -0.2) is 34.4 Å². The van der Waals surface area contributed by atoms with Gasteiger partial charge in [-0.05, 0) is 19.1 Å². The van der Waals surface area contributed by atoms with Crippen molar-refractivity contribution in [3.63, 3.8) is 0 Å². The molecule has 1 aromatic heterocycles. The number of ether oxygens (including phenoxy) is 1. The quantitative estimate of drug-likeness (QED) is 0.337. The molecule has 0 saturated heterocycles. The maximum Gasteiger partial charge on any atom is 0.387 e. The summed E-state index contributed by atoms with van der Waals surface area (Å²) in [5, 5.41) is 14.4. The Morgan fingerprint density at radius 1 is 1.26 bits per heavy atom. The van der Waals surface area contributed by atoms with Crippen molar-refractivity contribution in [2.45, 2.75) is 26.6 Å². The molecule has 2 aromatic rings. The van der Waals surface area contributed by atoms with Crippen molar-refractivity contribution in [3.8, 4) is 5.75 Å². The van der Waals surface area contributed by atoms with E-state index in [1.54, 1.807) is 7.05 Å². The van der Waals surface area contributed by atoms with Crippen LogP contribution in [0.15, 0.2) is 17.1 Å². The number of guanidine groups is 1. The molecule has 27 heavy (non-hydrogen) atoms. The second-order valence-corrected chi connectivity index (χ2v) is 6.10. The van der Waals surface area contributed by atoms with Gasteiger partial charge in [0.2, 0.25) is 0 Å². The third-order valence-corrected chi connectivity index (χ3v) is 4.06. The number of nitrogens with zero attached hydrogens (tertiary/aromatic N) is 4. The first-order valence-corrected chi connectivity index (χ1v) is 8.29. The van der Waals surface area contributed by atoms with Crippen molar-refractivity contribution in [1.29, 1.82) is 0 Å². The first kappa shape index (κ1) is 23.6. The minimum atomic E-state index is -3.00. The molecule has 0 radical (unpaired) electrons. The van der Waals surface area contributed by atoms with Crippen molar-refractivity contribution in [2.24, 2.45) is 12.0 Å². The smallest absolute Gasteiger partial charge is 0.387 e. The lowest BCUT2D eigenvalue weighted by molar-refractivity contribution is -0.0504. The molecule has 0 unspecified atom stereocenters. The summed E-state index contributed by atoms with van der Waals surface area (Å²) in [6.45, 7) is -0.645. The molecule has 2 rings (SSSR count). The second kappa shape index (κ2) is 10.8. The van der Waals surface area contributed by atoms with Crippen LogP contribution in [0.25, 0.3) is 0 Å². The number of rotatable bonds is 6. The van der Waals surface area contributed by atoms with E-state index in [9.17, 15) is 8.78 Å². The summed E-state index contributed by atoms with van der Waals surface area (Å²) in [5.74, 6) is 1.81. The lowest BCUT2D eigenvalue weighted by Crippen LogP contribution is -2.37. The van der Waals surface area contributed by atoms with Gasteiger partial charge in [0.25, 0.3) is 0 Å². The maximum absolute atomic E-state index is 12.6. The Morgan fingerprint density at radius 2 is 1.93 bits per heavy atom. The van der Waals surface area contributed by atoms with Crippen LogP contribution in [0, 0.1) is 6.92 Å². The Hall–Kier alpha value is -1.40. The molecule has 1 aromatic carbocycles. The number of aryl methyl sites for hydroxylation is 1. The van der Waals surface area contributed by atoms with Crippen LogP contribution in [0.5, 0.6) is 5.75 Å². The molecule has 0 spiro atoms. The first-order chi connectivity index (χ1) is 12.3. The Bertz CT molecular complexity index is 803. The van der Waals surface area contributed by atoms with Gasteiger partial charge in [0.1, 0.15) is 11.6 Å². The van der Waals surface area contributed by atoms with E-state index in [1.165, 1.54) is 12.1 Å². The van der Waals surface area contributed by atoms with Gasteiger partial charge in [0, 0.05) is 31.2 Å². The number of nitrogens with one attached hydrogen (secondary N) is 2. The average molecular weight is 535 g/mol. The molecule has 0 bridgehead atoms. The van der Waals surface area contributed by atoms with E-state index < -0.39 is 6.61 Å². The number of alkyl halides is 2. The van der Waals surface area contributed by atoms with E-state index in [1.807, 2.05) is 18.5 Å². The zero-order valence-corrected chi connectivity index (χ0v) is 18.6. The third kappa shape index (κ3) is 6.61. The van der Waals surface area contributed by atoms with E-state index in [4.69, 9.17) is 23.2 Å². The lowest BCUT2D eigenvalue weighted by atomic mass is 10.2. The summed E-state index contributed by atoms with van der Waals surface area (Å²) in [6, 6.07) is 2.84. The van der Waals surface area contributed by atoms with Gasteiger partial charge in [-0.3, -0.25) is 4.99 Å². The van der Waals surface area contributed by atoms with E-state index in [0.29, 0.717) is 23.1 Å². The molecule has 0 aliphatic rings. The maximum atomic E-state index is 12.6. The van der Waals surface area contributed by atoms with Crippen molar-refractivity contribution in [3.05, 3.63) is 39.4 Å². The molecule has 12 heteroatoms. The standard InChI is InChI=1S/C15H18Cl2F2N6O.HI/c1-8-23-24-12(25(8)3)7-22-15(20-2)21-6-9-4-10(16)5-11(17)13(9)26-14(18)19;/h4-5,14H,6-7H2,1-3H3,(H2,20,21,22);1H. The molecular formula is C15H19Cl2F2IN6O. The van der Waals surface area contributed by atoms with Gasteiger partial charge in [0.15, 0.2) is 11.8 Å². The fourth-order valence-electron chi connectivity index (χ4n) is 2.13. The minimum absolute atomic E-state index is 0. The molecule has 0 atom stereocenters. The molecule has 0 saturated carbocycles. The highest BCUT2D eigenvalue weighted by Crippen LogP contribution is 2.33. The van der Waals surface area contributed by atoms with Gasteiger partial charge < -0.3 is 19.9 Å². The van der Waals surface area contributed by atoms with E-state index >= 15 is 0 Å². The van der Waals surface area contributed by atoms with E-state index in [-0.39, 0.29) is 41.3 Å². The predicted octanol–water partition coefficient (Wildman–Crippen LogP) is 3.51. The Kier molecular flexibility index (Phi) is 9.47. The zero-order valence-electron chi connectivity index (χ0n) is 14.8. The van der Waals surface area contributed by atoms with Crippen molar-refractivity contribution in [1.82, 2.24) is 25.4 Å². The number of aliphatic imine (C=N–C) groups is 1. The van der Waals surface area contributed by atoms with Crippen molar-refractivity contribution >= 4 is 53.1 Å². The fourth-order valence-corrected chi connectivity index (χ4v) is 2.71. The molecule has 1 heterocycles. The molecule has 0 aliphatic heterocycles. The van der Waals surface area contributed by atoms with Gasteiger partial charge in [-0.2, -0.15) is 8.78 Å². The highest BCUT2D eigenvalue weighted by Gasteiger charge is 2.15. The average Bonchev–Trinajstić information content (AvgIpc) is 2.89. The molecule has 2 N–H and O–H groups in total. The van der Waals surface area contributed by atoms with Crippen LogP contribution in [0.4, 0.5) is 8.78 Å². The molecule has 150 valence electrons. The summed E-state index contributed by atoms with van der Waals surface area (Å²) in [4.78, 5) is 4.07. The number of halogens is 5. The van der Waals surface area contributed by atoms with Crippen LogP contribution < -0.4 is 15.4 Å². The van der Waals surface area contributed by atoms with Crippen LogP contribution >= 0.6 is 47.2 Å². The number of hydrogen-bond donors (Lipinski definition) is 2. The van der Waals surface area contributed by atoms with Crippen LogP contribution in [-0.2, 0) is 20.1 Å². The van der Waals surface area contributed by atoms with Gasteiger partial charge >= 0.3 is 6.61 Å². The van der Waals surface area contributed by atoms with E-state index in [0.717, 1.165) is 11.6 Å². The van der Waals surface area contributed by atoms with Gasteiger partial charge in [-0.1, -0.05) is 23.2 Å². The van der Waals surface area contributed by atoms with Gasteiger partial charge in [-0.25, -0.2) is 0 Å². The summed E-state index contributed by atoms with van der Waals surface area (Å²) in [7, 11) is 3.43. The first-order valence-electron chi connectivity index (χ1n) is 7.54. The van der Waals surface area contributed by atoms with Gasteiger partial charge in [-0.15, -0.1) is 34.2 Å². The number of benzene rings is 1. The summed E-state index contributed by atoms with van der Waals surface area (Å²) in [5.41, 5.74) is 0.375. The monoisotopic (exact) mass is 534 g/mol. The Labute approximate surface area is 182 Å². The molecule has 0 amide bonds. The highest BCUT2D eigenvalue weighted by molar-refractivity contribution is 14.0. The second-order valence-electron chi connectivity index (χ2n) is 5.26. The lowest BCUT2D eigenvalue weighted by Gasteiger charge is -2.16. The topological polar surface area (TPSA) is 76.4 Å².